The van der Waals surface area contributed by atoms with Gasteiger partial charge < -0.3 is 15.4 Å². The number of hydrogen-bond donors (Lipinski definition) is 2. The molecular weight excluding hydrogens is 334 g/mol. The molecule has 1 saturated carbocycles. The fraction of sp³-hybridized carbons (Fsp3) is 0.700. The molecule has 2 atom stereocenters. The van der Waals surface area contributed by atoms with Gasteiger partial charge in [-0.05, 0) is 51.0 Å². The first-order chi connectivity index (χ1) is 12.3. The standard InChI is InChI=1S/C20H32ClN3O/c1-22-20(17-7-2-3-8-18(17)21)10-5-4-9-19(20)23-11-6-12-24-13-15-25-16-14-24/h2-3,7-8,19,22-23H,4-6,9-16H2,1H3/t19-,20+/m0/s1. The van der Waals surface area contributed by atoms with Gasteiger partial charge >= 0.3 is 0 Å². The second-order valence-electron chi connectivity index (χ2n) is 7.26. The van der Waals surface area contributed by atoms with Crippen molar-refractivity contribution in [2.45, 2.75) is 43.7 Å². The number of nitrogens with one attached hydrogen (secondary N) is 2. The van der Waals surface area contributed by atoms with Gasteiger partial charge in [0.1, 0.15) is 0 Å². The van der Waals surface area contributed by atoms with Crippen molar-refractivity contribution in [3.63, 3.8) is 0 Å². The van der Waals surface area contributed by atoms with E-state index in [0.717, 1.165) is 50.8 Å². The van der Waals surface area contributed by atoms with Crippen molar-refractivity contribution in [1.29, 1.82) is 0 Å². The quantitative estimate of drug-likeness (QED) is 0.728. The summed E-state index contributed by atoms with van der Waals surface area (Å²) in [6, 6.07) is 8.75. The number of halogens is 1. The summed E-state index contributed by atoms with van der Waals surface area (Å²) in [6.45, 7) is 6.11. The maximum absolute atomic E-state index is 6.57. The maximum atomic E-state index is 6.57. The molecule has 4 nitrogen and oxygen atoms in total. The van der Waals surface area contributed by atoms with E-state index in [4.69, 9.17) is 16.3 Å². The van der Waals surface area contributed by atoms with Crippen LogP contribution in [0.1, 0.15) is 37.7 Å². The molecule has 3 rings (SSSR count). The van der Waals surface area contributed by atoms with E-state index in [9.17, 15) is 0 Å². The third-order valence-corrected chi connectivity index (χ3v) is 6.18. The van der Waals surface area contributed by atoms with Gasteiger partial charge in [0.2, 0.25) is 0 Å². The second-order valence-corrected chi connectivity index (χ2v) is 7.67. The lowest BCUT2D eigenvalue weighted by Gasteiger charge is -2.45. The average molecular weight is 366 g/mol. The summed E-state index contributed by atoms with van der Waals surface area (Å²) in [6.07, 6.45) is 6.05. The Kier molecular flexibility index (Phi) is 7.14. The topological polar surface area (TPSA) is 36.5 Å². The fourth-order valence-corrected chi connectivity index (χ4v) is 4.74. The van der Waals surface area contributed by atoms with Crippen LogP contribution in [-0.2, 0) is 10.3 Å². The molecule has 1 heterocycles. The van der Waals surface area contributed by atoms with Gasteiger partial charge in [-0.3, -0.25) is 4.90 Å². The van der Waals surface area contributed by atoms with Gasteiger partial charge in [0.05, 0.1) is 18.8 Å². The van der Waals surface area contributed by atoms with E-state index in [-0.39, 0.29) is 5.54 Å². The van der Waals surface area contributed by atoms with Crippen LogP contribution >= 0.6 is 11.6 Å². The molecule has 1 saturated heterocycles. The Morgan fingerprint density at radius 3 is 2.80 bits per heavy atom. The molecule has 1 aliphatic heterocycles. The van der Waals surface area contributed by atoms with Gasteiger partial charge in [-0.2, -0.15) is 0 Å². The molecule has 0 aromatic heterocycles. The van der Waals surface area contributed by atoms with E-state index in [0.29, 0.717) is 6.04 Å². The van der Waals surface area contributed by atoms with Gasteiger partial charge in [-0.25, -0.2) is 0 Å². The van der Waals surface area contributed by atoms with Crippen LogP contribution in [0.5, 0.6) is 0 Å². The highest BCUT2D eigenvalue weighted by Crippen LogP contribution is 2.40. The van der Waals surface area contributed by atoms with Crippen LogP contribution in [0.15, 0.2) is 24.3 Å². The van der Waals surface area contributed by atoms with Crippen molar-refractivity contribution in [2.75, 3.05) is 46.4 Å². The molecule has 2 N–H and O–H groups in total. The lowest BCUT2D eigenvalue weighted by atomic mass is 9.72. The van der Waals surface area contributed by atoms with Gasteiger partial charge in [0.25, 0.3) is 0 Å². The number of morpholine rings is 1. The van der Waals surface area contributed by atoms with Crippen LogP contribution in [0.2, 0.25) is 5.02 Å². The minimum Gasteiger partial charge on any atom is -0.379 e. The second kappa shape index (κ2) is 9.33. The monoisotopic (exact) mass is 365 g/mol. The highest BCUT2D eigenvalue weighted by atomic mass is 35.5. The molecule has 0 amide bonds. The molecule has 0 bridgehead atoms. The number of hydrogen-bond acceptors (Lipinski definition) is 4. The lowest BCUT2D eigenvalue weighted by Crippen LogP contribution is -2.58. The van der Waals surface area contributed by atoms with E-state index >= 15 is 0 Å². The van der Waals surface area contributed by atoms with Crippen LogP contribution in [-0.4, -0.2) is 57.4 Å². The largest absolute Gasteiger partial charge is 0.379 e. The molecule has 0 radical (unpaired) electrons. The van der Waals surface area contributed by atoms with Crippen LogP contribution < -0.4 is 10.6 Å². The predicted molar refractivity (Wildman–Crippen MR) is 104 cm³/mol. The molecule has 5 heteroatoms. The number of nitrogens with zero attached hydrogens (tertiary/aromatic N) is 1. The molecule has 25 heavy (non-hydrogen) atoms. The Morgan fingerprint density at radius 2 is 2.04 bits per heavy atom. The summed E-state index contributed by atoms with van der Waals surface area (Å²) in [5.74, 6) is 0. The van der Waals surface area contributed by atoms with Crippen molar-refractivity contribution in [3.05, 3.63) is 34.9 Å². The average Bonchev–Trinajstić information content (AvgIpc) is 2.67. The van der Waals surface area contributed by atoms with E-state index < -0.39 is 0 Å². The Balaban J connectivity index is 1.60. The van der Waals surface area contributed by atoms with Crippen molar-refractivity contribution in [2.24, 2.45) is 0 Å². The zero-order chi connectivity index (χ0) is 17.5. The fourth-order valence-electron chi connectivity index (χ4n) is 4.43. The van der Waals surface area contributed by atoms with Crippen LogP contribution in [0.4, 0.5) is 0 Å². The summed E-state index contributed by atoms with van der Waals surface area (Å²) < 4.78 is 5.43. The number of rotatable bonds is 7. The SMILES string of the molecule is CN[C@@]1(c2ccccc2Cl)CCCC[C@@H]1NCCCN1CCOCC1. The molecule has 2 fully saturated rings. The summed E-state index contributed by atoms with van der Waals surface area (Å²) in [5, 5.41) is 8.36. The van der Waals surface area contributed by atoms with Crippen molar-refractivity contribution >= 4 is 11.6 Å². The Morgan fingerprint density at radius 1 is 1.24 bits per heavy atom. The third-order valence-electron chi connectivity index (χ3n) is 5.85. The first-order valence-electron chi connectivity index (χ1n) is 9.74. The third kappa shape index (κ3) is 4.55. The number of ether oxygens (including phenoxy) is 1. The van der Waals surface area contributed by atoms with E-state index in [1.54, 1.807) is 0 Å². The minimum absolute atomic E-state index is 0.0600. The van der Waals surface area contributed by atoms with E-state index in [2.05, 4.69) is 34.7 Å². The summed E-state index contributed by atoms with van der Waals surface area (Å²) in [7, 11) is 2.08. The number of likely N-dealkylation sites (N-methyl/N-ethyl adjacent to an activating group) is 1. The zero-order valence-electron chi connectivity index (χ0n) is 15.4. The van der Waals surface area contributed by atoms with Gasteiger partial charge in [0.15, 0.2) is 0 Å². The molecule has 2 aliphatic rings. The molecule has 0 unspecified atom stereocenters. The van der Waals surface area contributed by atoms with Crippen LogP contribution in [0.3, 0.4) is 0 Å². The van der Waals surface area contributed by atoms with E-state index in [1.165, 1.54) is 31.2 Å². The predicted octanol–water partition coefficient (Wildman–Crippen LogP) is 3.01. The zero-order valence-corrected chi connectivity index (χ0v) is 16.2. The minimum atomic E-state index is -0.0600. The molecule has 1 aromatic carbocycles. The lowest BCUT2D eigenvalue weighted by molar-refractivity contribution is 0.0371. The first-order valence-corrected chi connectivity index (χ1v) is 10.1. The summed E-state index contributed by atoms with van der Waals surface area (Å²) >= 11 is 6.57. The summed E-state index contributed by atoms with van der Waals surface area (Å²) in [4.78, 5) is 2.51. The maximum Gasteiger partial charge on any atom is 0.0602 e. The van der Waals surface area contributed by atoms with Gasteiger partial charge in [-0.1, -0.05) is 42.6 Å². The van der Waals surface area contributed by atoms with Crippen molar-refractivity contribution in [3.8, 4) is 0 Å². The number of benzene rings is 1. The van der Waals surface area contributed by atoms with Crippen LogP contribution in [0, 0.1) is 0 Å². The van der Waals surface area contributed by atoms with Crippen molar-refractivity contribution in [1.82, 2.24) is 15.5 Å². The van der Waals surface area contributed by atoms with Gasteiger partial charge in [-0.15, -0.1) is 0 Å². The Hall–Kier alpha value is -0.650. The summed E-state index contributed by atoms with van der Waals surface area (Å²) in [5.41, 5.74) is 1.18. The van der Waals surface area contributed by atoms with Crippen LogP contribution in [0.25, 0.3) is 0 Å². The highest BCUT2D eigenvalue weighted by Gasteiger charge is 2.41. The molecule has 1 aromatic rings. The van der Waals surface area contributed by atoms with E-state index in [1.807, 2.05) is 12.1 Å². The normalized spacial score (nSPS) is 28.2. The van der Waals surface area contributed by atoms with Gasteiger partial charge in [0, 0.05) is 24.2 Å². The highest BCUT2D eigenvalue weighted by molar-refractivity contribution is 6.31. The molecular formula is C20H32ClN3O. The molecule has 0 spiro atoms. The smallest absolute Gasteiger partial charge is 0.0602 e. The molecule has 1 aliphatic carbocycles. The molecule has 140 valence electrons. The Bertz CT molecular complexity index is 535. The Labute approximate surface area is 157 Å². The van der Waals surface area contributed by atoms with Crippen molar-refractivity contribution < 1.29 is 4.74 Å². The first kappa shape index (κ1) is 19.1.